The maximum atomic E-state index is 15.5. The molecule has 444 valence electrons. The minimum absolute atomic E-state index is 0.0125. The summed E-state index contributed by atoms with van der Waals surface area (Å²) in [4.78, 5) is 61.1. The van der Waals surface area contributed by atoms with Gasteiger partial charge in [0.05, 0.1) is 22.3 Å². The zero-order chi connectivity index (χ0) is 58.4. The van der Waals surface area contributed by atoms with Crippen molar-refractivity contribution in [1.82, 2.24) is 0 Å². The Bertz CT molecular complexity index is 2240. The number of halogens is 9. The van der Waals surface area contributed by atoms with Gasteiger partial charge >= 0.3 is 36.4 Å². The van der Waals surface area contributed by atoms with Gasteiger partial charge in [-0.2, -0.15) is 44.8 Å². The van der Waals surface area contributed by atoms with Crippen LogP contribution in [0.2, 0.25) is 0 Å². The molecule has 0 aromatic rings. The van der Waals surface area contributed by atoms with Crippen LogP contribution in [0.15, 0.2) is 0 Å². The molecule has 0 aromatic heterocycles. The number of rotatable bonds is 20. The molecule has 11 atom stereocenters. The molecule has 0 saturated heterocycles. The van der Waals surface area contributed by atoms with Crippen LogP contribution in [-0.2, 0) is 33.4 Å². The minimum Gasteiger partial charge on any atom is -0.462 e. The van der Waals surface area contributed by atoms with E-state index in [4.69, 9.17) is 14.2 Å². The molecule has 0 amide bonds. The molecule has 8 aliphatic rings. The standard InChI is InChI=1S/C59H86F9NO9/c1-11-50(7,47(72)78-55(33(3)4)41-18-34-17-35(20-41)21-42(55)19-34)31-52(9,48(73)77-54(12-2)15-13-14-16-54)32-51(8,45(70)25-38-23-37-22-36(38)24-39(37)29-69)30-49(5,6)46(71)76-44-27-40(53(10,74)57(60,61)62)26-43(28-44)56(75,58(63,64)65)59(66,67)68/h33-44,74-75H,11-28,30-32H2,1-10H3. The molecule has 0 spiro atoms. The van der Waals surface area contributed by atoms with Crippen LogP contribution in [-0.4, -0.2) is 80.9 Å². The topological polar surface area (TPSA) is 160 Å². The van der Waals surface area contributed by atoms with Crippen molar-refractivity contribution < 1.29 is 83.1 Å². The maximum Gasteiger partial charge on any atom is 0.426 e. The molecule has 19 heteroatoms. The van der Waals surface area contributed by atoms with Crippen LogP contribution >= 0.6 is 0 Å². The predicted molar refractivity (Wildman–Crippen MR) is 268 cm³/mol. The van der Waals surface area contributed by atoms with E-state index >= 15 is 14.4 Å². The summed E-state index contributed by atoms with van der Waals surface area (Å²) < 4.78 is 149. The molecule has 11 unspecified atom stereocenters. The lowest BCUT2D eigenvalue weighted by Gasteiger charge is -2.62. The Labute approximate surface area is 454 Å². The van der Waals surface area contributed by atoms with E-state index in [0.29, 0.717) is 43.9 Å². The zero-order valence-corrected chi connectivity index (χ0v) is 47.4. The molecule has 0 aliphatic heterocycles. The summed E-state index contributed by atoms with van der Waals surface area (Å²) in [6.07, 6.45) is -15.2. The number of hydrogen-bond donors (Lipinski definition) is 2. The van der Waals surface area contributed by atoms with Crippen molar-refractivity contribution in [3.63, 3.8) is 0 Å². The monoisotopic (exact) mass is 1120 g/mol. The lowest BCUT2D eigenvalue weighted by molar-refractivity contribution is -0.391. The molecule has 78 heavy (non-hydrogen) atoms. The Morgan fingerprint density at radius 2 is 1.14 bits per heavy atom. The van der Waals surface area contributed by atoms with Crippen molar-refractivity contribution in [2.45, 2.75) is 251 Å². The van der Waals surface area contributed by atoms with Crippen LogP contribution in [0.4, 0.5) is 39.5 Å². The van der Waals surface area contributed by atoms with E-state index < -0.39 is 124 Å². The Kier molecular flexibility index (Phi) is 17.0. The molecule has 6 bridgehead atoms. The summed E-state index contributed by atoms with van der Waals surface area (Å²) in [5.74, 6) is -7.09. The van der Waals surface area contributed by atoms with E-state index in [9.17, 15) is 59.8 Å². The Balaban J connectivity index is 1.25. The van der Waals surface area contributed by atoms with Gasteiger partial charge in [-0.15, -0.1) is 0 Å². The molecule has 8 rings (SSSR count). The number of ether oxygens (including phenoxy) is 3. The van der Waals surface area contributed by atoms with Crippen LogP contribution < -0.4 is 0 Å². The van der Waals surface area contributed by atoms with Crippen molar-refractivity contribution in [2.24, 2.45) is 86.8 Å². The maximum absolute atomic E-state index is 15.5. The Morgan fingerprint density at radius 1 is 0.615 bits per heavy atom. The number of nitriles is 1. The number of aliphatic hydroxyl groups is 2. The van der Waals surface area contributed by atoms with Gasteiger partial charge in [-0.25, -0.2) is 0 Å². The third-order valence-electron chi connectivity index (χ3n) is 21.8. The number of fused-ring (bicyclic) bond motifs is 2. The Hall–Kier alpha value is -3.14. The number of alkyl halides is 9. The third-order valence-corrected chi connectivity index (χ3v) is 21.8. The normalized spacial score (nSPS) is 35.0. The molecular weight excluding hydrogens is 1040 g/mol. The van der Waals surface area contributed by atoms with Crippen LogP contribution in [0.25, 0.3) is 0 Å². The fraction of sp³-hybridized carbons (Fsp3) is 0.915. The SMILES string of the molecule is CCC1(OC(=O)C(C)(CC(C)(CC(C)(C)C(=O)OC2CC(C(C)(O)C(F)(F)F)CC(C(O)(C(F)(F)F)C(F)(F)F)C2)C(=O)CC2CC3CC2CC3C#N)CC(C)(CC)C(=O)OC2(C(C)C)C3CC4CC(C3)CC2C4)CCCC1. The van der Waals surface area contributed by atoms with Crippen molar-refractivity contribution in [3.05, 3.63) is 0 Å². The largest absolute Gasteiger partial charge is 0.462 e. The fourth-order valence-corrected chi connectivity index (χ4v) is 17.5. The lowest BCUT2D eigenvalue weighted by Crippen LogP contribution is -2.64. The van der Waals surface area contributed by atoms with Crippen molar-refractivity contribution >= 4 is 23.7 Å². The third kappa shape index (κ3) is 11.3. The highest BCUT2D eigenvalue weighted by molar-refractivity contribution is 5.88. The first-order chi connectivity index (χ1) is 35.7. The van der Waals surface area contributed by atoms with Gasteiger partial charge < -0.3 is 24.4 Å². The number of ketones is 1. The second kappa shape index (κ2) is 21.2. The molecule has 8 aliphatic carbocycles. The number of carbonyl (C=O) groups excluding carboxylic acids is 4. The highest BCUT2D eigenvalue weighted by Gasteiger charge is 2.75. The molecule has 10 nitrogen and oxygen atoms in total. The summed E-state index contributed by atoms with van der Waals surface area (Å²) in [6, 6.07) is 2.37. The first-order valence-corrected chi connectivity index (χ1v) is 28.9. The molecule has 8 fully saturated rings. The number of nitrogens with zero attached hydrogens (tertiary/aromatic N) is 1. The quantitative estimate of drug-likeness (QED) is 0.0682. The van der Waals surface area contributed by atoms with E-state index in [-0.39, 0.29) is 79.8 Å². The lowest BCUT2D eigenvalue weighted by atomic mass is 9.47. The summed E-state index contributed by atoms with van der Waals surface area (Å²) >= 11 is 0. The average molecular weight is 1120 g/mol. The summed E-state index contributed by atoms with van der Waals surface area (Å²) in [7, 11) is 0. The molecule has 0 radical (unpaired) electrons. The molecular formula is C59H86F9NO9. The van der Waals surface area contributed by atoms with Crippen molar-refractivity contribution in [1.29, 1.82) is 5.26 Å². The summed E-state index contributed by atoms with van der Waals surface area (Å²) in [6.45, 7) is 15.8. The van der Waals surface area contributed by atoms with E-state index in [1.54, 1.807) is 20.8 Å². The minimum atomic E-state index is -6.45. The highest BCUT2D eigenvalue weighted by Crippen LogP contribution is 2.63. The van der Waals surface area contributed by atoms with Crippen LogP contribution in [0.3, 0.4) is 0 Å². The van der Waals surface area contributed by atoms with Crippen LogP contribution in [0.1, 0.15) is 204 Å². The number of carbonyl (C=O) groups is 4. The van der Waals surface area contributed by atoms with Gasteiger partial charge in [0, 0.05) is 29.6 Å². The first kappa shape index (κ1) is 62.5. The second-order valence-electron chi connectivity index (χ2n) is 28.2. The molecule has 0 aromatic carbocycles. The van der Waals surface area contributed by atoms with Gasteiger partial charge in [0.1, 0.15) is 23.1 Å². The molecule has 0 heterocycles. The van der Waals surface area contributed by atoms with Gasteiger partial charge in [0.2, 0.25) is 0 Å². The van der Waals surface area contributed by atoms with Crippen LogP contribution in [0, 0.1) is 98.1 Å². The smallest absolute Gasteiger partial charge is 0.426 e. The van der Waals surface area contributed by atoms with Gasteiger partial charge in [-0.05, 0) is 210 Å². The number of esters is 3. The van der Waals surface area contributed by atoms with Gasteiger partial charge in [-0.1, -0.05) is 34.6 Å². The van der Waals surface area contributed by atoms with E-state index in [0.717, 1.165) is 44.9 Å². The molecule has 8 saturated carbocycles. The fourth-order valence-electron chi connectivity index (χ4n) is 17.5. The molecule has 2 N–H and O–H groups in total. The predicted octanol–water partition coefficient (Wildman–Crippen LogP) is 13.9. The van der Waals surface area contributed by atoms with E-state index in [1.807, 2.05) is 13.8 Å². The summed E-state index contributed by atoms with van der Waals surface area (Å²) in [5, 5.41) is 31.1. The second-order valence-corrected chi connectivity index (χ2v) is 28.2. The first-order valence-electron chi connectivity index (χ1n) is 28.9. The zero-order valence-electron chi connectivity index (χ0n) is 47.4. The van der Waals surface area contributed by atoms with Crippen LogP contribution in [0.5, 0.6) is 0 Å². The van der Waals surface area contributed by atoms with E-state index in [1.165, 1.54) is 20.3 Å². The van der Waals surface area contributed by atoms with Crippen molar-refractivity contribution in [3.8, 4) is 6.07 Å². The number of hydrogen-bond acceptors (Lipinski definition) is 10. The van der Waals surface area contributed by atoms with Crippen molar-refractivity contribution in [2.75, 3.05) is 0 Å². The number of Topliss-reactive ketones (excluding diaryl/α,β-unsaturated/α-hetero) is 1. The Morgan fingerprint density at radius 3 is 1.60 bits per heavy atom. The van der Waals surface area contributed by atoms with Gasteiger partial charge in [0.25, 0.3) is 5.60 Å². The average Bonchev–Trinajstić information content (AvgIpc) is 4.11. The van der Waals surface area contributed by atoms with Gasteiger partial charge in [0.15, 0.2) is 5.60 Å². The van der Waals surface area contributed by atoms with E-state index in [2.05, 4.69) is 19.9 Å². The van der Waals surface area contributed by atoms with Gasteiger partial charge in [-0.3, -0.25) is 19.2 Å². The summed E-state index contributed by atoms with van der Waals surface area (Å²) in [5.41, 5.74) is -17.6. The highest BCUT2D eigenvalue weighted by atomic mass is 19.4.